The highest BCUT2D eigenvalue weighted by Gasteiger charge is 2.20. The number of hydrogen-bond acceptors (Lipinski definition) is 9. The van der Waals surface area contributed by atoms with E-state index in [1.54, 1.807) is 0 Å². The standard InChI is InChI=1S/C39H48O9/c1-22(2)38(43)47-20-33(40)18-45-36-28(9)11-25(6)13-30(36)17-32-15-26(7)14-31(16-29-12-24(5)10-27(8)35(29)42)37(32)46-19-34(41)21-48-39(44)23(3)4/h10-15,33-34,40-42H,1,3,16-21H2,2,4-9H3. The number of hydrogen-bond donors (Lipinski definition) is 3. The van der Waals surface area contributed by atoms with Crippen LogP contribution in [0.5, 0.6) is 17.2 Å². The smallest absolute Gasteiger partial charge is 0.333 e. The van der Waals surface area contributed by atoms with Crippen molar-refractivity contribution in [3.05, 3.63) is 111 Å². The molecular weight excluding hydrogens is 612 g/mol. The second-order valence-corrected chi connectivity index (χ2v) is 12.6. The van der Waals surface area contributed by atoms with Crippen LogP contribution in [0.25, 0.3) is 0 Å². The lowest BCUT2D eigenvalue weighted by Crippen LogP contribution is -2.26. The molecule has 0 saturated carbocycles. The molecule has 3 rings (SSSR count). The number of phenols is 1. The first-order valence-corrected chi connectivity index (χ1v) is 15.8. The normalized spacial score (nSPS) is 12.2. The molecule has 3 aromatic carbocycles. The average Bonchev–Trinajstić information content (AvgIpc) is 2.99. The molecule has 3 aromatic rings. The molecule has 9 heteroatoms. The number of aromatic hydroxyl groups is 1. The van der Waals surface area contributed by atoms with Crippen LogP contribution in [0.3, 0.4) is 0 Å². The molecule has 0 aliphatic rings. The Morgan fingerprint density at radius 1 is 0.604 bits per heavy atom. The van der Waals surface area contributed by atoms with Gasteiger partial charge in [-0.15, -0.1) is 0 Å². The van der Waals surface area contributed by atoms with Crippen molar-refractivity contribution in [2.24, 2.45) is 0 Å². The van der Waals surface area contributed by atoms with E-state index in [1.165, 1.54) is 13.8 Å². The lowest BCUT2D eigenvalue weighted by atomic mass is 9.92. The van der Waals surface area contributed by atoms with Gasteiger partial charge >= 0.3 is 11.9 Å². The molecule has 0 spiro atoms. The maximum absolute atomic E-state index is 11.9. The van der Waals surface area contributed by atoms with Crippen molar-refractivity contribution in [3.8, 4) is 17.2 Å². The van der Waals surface area contributed by atoms with Crippen molar-refractivity contribution in [2.45, 2.75) is 73.5 Å². The van der Waals surface area contributed by atoms with Gasteiger partial charge in [-0.25, -0.2) is 9.59 Å². The van der Waals surface area contributed by atoms with E-state index < -0.39 is 24.1 Å². The lowest BCUT2D eigenvalue weighted by Gasteiger charge is -2.22. The number of aryl methyl sites for hydroxylation is 5. The van der Waals surface area contributed by atoms with Crippen LogP contribution < -0.4 is 9.47 Å². The fourth-order valence-corrected chi connectivity index (χ4v) is 5.40. The predicted molar refractivity (Wildman–Crippen MR) is 185 cm³/mol. The van der Waals surface area contributed by atoms with Crippen LogP contribution in [0.15, 0.2) is 60.7 Å². The fraction of sp³-hybridized carbons (Fsp3) is 0.385. The van der Waals surface area contributed by atoms with E-state index in [1.807, 2.05) is 71.0 Å². The van der Waals surface area contributed by atoms with Crippen molar-refractivity contribution in [1.29, 1.82) is 0 Å². The largest absolute Gasteiger partial charge is 0.507 e. The van der Waals surface area contributed by atoms with Crippen LogP contribution in [0.2, 0.25) is 0 Å². The van der Waals surface area contributed by atoms with Crippen molar-refractivity contribution >= 4 is 11.9 Å². The zero-order valence-corrected chi connectivity index (χ0v) is 29.1. The van der Waals surface area contributed by atoms with Gasteiger partial charge in [0, 0.05) is 24.0 Å². The molecule has 3 N–H and O–H groups in total. The molecular formula is C39H48O9. The maximum Gasteiger partial charge on any atom is 0.333 e. The van der Waals surface area contributed by atoms with Crippen LogP contribution >= 0.6 is 0 Å². The molecule has 258 valence electrons. The summed E-state index contributed by atoms with van der Waals surface area (Å²) in [6.45, 7) is 19.1. The van der Waals surface area contributed by atoms with Gasteiger partial charge < -0.3 is 34.3 Å². The number of aliphatic hydroxyl groups is 2. The number of carbonyl (C=O) groups is 2. The third-order valence-electron chi connectivity index (χ3n) is 7.52. The fourth-order valence-electron chi connectivity index (χ4n) is 5.40. The first-order chi connectivity index (χ1) is 22.5. The Balaban J connectivity index is 1.99. The molecule has 0 radical (unpaired) electrons. The summed E-state index contributed by atoms with van der Waals surface area (Å²) in [5, 5.41) is 32.1. The molecule has 0 aromatic heterocycles. The summed E-state index contributed by atoms with van der Waals surface area (Å²) in [5.74, 6) is 0.133. The second-order valence-electron chi connectivity index (χ2n) is 12.6. The van der Waals surface area contributed by atoms with Crippen LogP contribution in [0.1, 0.15) is 63.9 Å². The van der Waals surface area contributed by atoms with Gasteiger partial charge in [0.05, 0.1) is 0 Å². The van der Waals surface area contributed by atoms with E-state index in [0.29, 0.717) is 24.3 Å². The Kier molecular flexibility index (Phi) is 13.4. The SMILES string of the molecule is C=C(C)C(=O)OCC(O)COc1c(C)cc(C)cc1Cc1cc(C)cc(Cc2cc(C)cc(C)c2O)c1OCC(O)COC(=O)C(=C)C. The third kappa shape index (κ3) is 10.7. The first-order valence-electron chi connectivity index (χ1n) is 15.8. The monoisotopic (exact) mass is 660 g/mol. The average molecular weight is 661 g/mol. The molecule has 0 heterocycles. The van der Waals surface area contributed by atoms with Crippen molar-refractivity contribution in [3.63, 3.8) is 0 Å². The van der Waals surface area contributed by atoms with Crippen LogP contribution in [-0.4, -0.2) is 65.9 Å². The van der Waals surface area contributed by atoms with Crippen molar-refractivity contribution < 1.29 is 43.9 Å². The van der Waals surface area contributed by atoms with Crippen LogP contribution in [0, 0.1) is 34.6 Å². The molecule has 9 nitrogen and oxygen atoms in total. The molecule has 0 bridgehead atoms. The Morgan fingerprint density at radius 3 is 1.46 bits per heavy atom. The van der Waals surface area contributed by atoms with E-state index in [-0.39, 0.29) is 43.3 Å². The minimum Gasteiger partial charge on any atom is -0.507 e. The van der Waals surface area contributed by atoms with Gasteiger partial charge in [-0.3, -0.25) is 0 Å². The Morgan fingerprint density at radius 2 is 0.979 bits per heavy atom. The topological polar surface area (TPSA) is 132 Å². The number of rotatable bonds is 16. The van der Waals surface area contributed by atoms with Gasteiger partial charge in [-0.05, 0) is 81.8 Å². The molecule has 0 aliphatic heterocycles. The summed E-state index contributed by atoms with van der Waals surface area (Å²) in [7, 11) is 0. The summed E-state index contributed by atoms with van der Waals surface area (Å²) in [6.07, 6.45) is -1.42. The number of carbonyl (C=O) groups excluding carboxylic acids is 2. The molecule has 0 aliphatic carbocycles. The van der Waals surface area contributed by atoms with E-state index in [2.05, 4.69) is 13.2 Å². The van der Waals surface area contributed by atoms with E-state index >= 15 is 0 Å². The third-order valence-corrected chi connectivity index (χ3v) is 7.52. The van der Waals surface area contributed by atoms with Gasteiger partial charge in [-0.1, -0.05) is 66.2 Å². The van der Waals surface area contributed by atoms with Gasteiger partial charge in [0.2, 0.25) is 0 Å². The summed E-state index contributed by atoms with van der Waals surface area (Å²) < 4.78 is 22.6. The molecule has 2 atom stereocenters. The highest BCUT2D eigenvalue weighted by Crippen LogP contribution is 2.36. The summed E-state index contributed by atoms with van der Waals surface area (Å²) in [5.41, 5.74) is 8.28. The molecule has 0 amide bonds. The second kappa shape index (κ2) is 17.0. The van der Waals surface area contributed by atoms with E-state index in [4.69, 9.17) is 18.9 Å². The highest BCUT2D eigenvalue weighted by molar-refractivity contribution is 5.87. The van der Waals surface area contributed by atoms with Crippen LogP contribution in [-0.2, 0) is 31.9 Å². The zero-order valence-electron chi connectivity index (χ0n) is 29.1. The quantitative estimate of drug-likeness (QED) is 0.128. The van der Waals surface area contributed by atoms with E-state index in [0.717, 1.165) is 50.1 Å². The van der Waals surface area contributed by atoms with Crippen molar-refractivity contribution in [2.75, 3.05) is 26.4 Å². The minimum absolute atomic E-state index is 0.107. The number of benzene rings is 3. The number of esters is 2. The molecule has 48 heavy (non-hydrogen) atoms. The number of phenolic OH excluding ortho intramolecular Hbond substituents is 1. The minimum atomic E-state index is -1.11. The van der Waals surface area contributed by atoms with Crippen molar-refractivity contribution in [1.82, 2.24) is 0 Å². The molecule has 0 saturated heterocycles. The lowest BCUT2D eigenvalue weighted by molar-refractivity contribution is -0.143. The molecule has 2 unspecified atom stereocenters. The molecule has 0 fully saturated rings. The zero-order chi connectivity index (χ0) is 35.7. The number of ether oxygens (including phenoxy) is 4. The Labute approximate surface area is 283 Å². The summed E-state index contributed by atoms with van der Waals surface area (Å²) >= 11 is 0. The maximum atomic E-state index is 11.9. The summed E-state index contributed by atoms with van der Waals surface area (Å²) in [4.78, 5) is 23.7. The number of aliphatic hydroxyl groups excluding tert-OH is 2. The summed E-state index contributed by atoms with van der Waals surface area (Å²) in [6, 6.07) is 11.8. The highest BCUT2D eigenvalue weighted by atomic mass is 16.6. The van der Waals surface area contributed by atoms with Gasteiger partial charge in [0.25, 0.3) is 0 Å². The Hall–Kier alpha value is -4.60. The van der Waals surface area contributed by atoms with Gasteiger partial charge in [0.1, 0.15) is 55.9 Å². The predicted octanol–water partition coefficient (Wildman–Crippen LogP) is 5.83. The van der Waals surface area contributed by atoms with E-state index in [9.17, 15) is 24.9 Å². The van der Waals surface area contributed by atoms with Crippen LogP contribution in [0.4, 0.5) is 0 Å². The first kappa shape index (κ1) is 37.9. The van der Waals surface area contributed by atoms with Gasteiger partial charge in [0.15, 0.2) is 0 Å². The van der Waals surface area contributed by atoms with Gasteiger partial charge in [-0.2, -0.15) is 0 Å². The Bertz CT molecular complexity index is 1670.